The monoisotopic (exact) mass is 649 g/mol. The van der Waals surface area contributed by atoms with Crippen molar-refractivity contribution >= 4 is 22.6 Å². The molecule has 252 valence electrons. The molecule has 1 aliphatic carbocycles. The summed E-state index contributed by atoms with van der Waals surface area (Å²) in [6.07, 6.45) is -0.238. The van der Waals surface area contributed by atoms with Crippen LogP contribution in [0.15, 0.2) is 97.1 Å². The standard InChI is InChI=1S/C40H47N3O5/c1-40(2,3)43-25-33(48-32-14-5-4-6-15-32)23-35(43)39(47)41-24-31(44)21-30(20-26-17-18-27-11-7-8-12-28(27)19-26)38(46)42-37-34-16-10-9-13-29(34)22-36(37)45/h4-19,30-31,33,35-37,44-45H,20-25H2,1-3H3,(H,41,47)(H,42,46)/t30-,31+,33+,35?,36-,37+/m1/s1. The van der Waals surface area contributed by atoms with Gasteiger partial charge in [-0.1, -0.05) is 84.9 Å². The summed E-state index contributed by atoms with van der Waals surface area (Å²) in [5.41, 5.74) is 2.66. The quantitative estimate of drug-likeness (QED) is 0.183. The minimum atomic E-state index is -0.952. The number of nitrogens with zero attached hydrogens (tertiary/aromatic N) is 1. The molecule has 8 heteroatoms. The van der Waals surface area contributed by atoms with Crippen LogP contribution in [-0.4, -0.2) is 69.9 Å². The van der Waals surface area contributed by atoms with Crippen LogP contribution in [0.1, 0.15) is 56.3 Å². The molecule has 4 aromatic carbocycles. The van der Waals surface area contributed by atoms with Gasteiger partial charge in [0.25, 0.3) is 0 Å². The van der Waals surface area contributed by atoms with Crippen molar-refractivity contribution in [3.8, 4) is 5.75 Å². The third-order valence-corrected chi connectivity index (χ3v) is 9.71. The number of carbonyl (C=O) groups is 2. The van der Waals surface area contributed by atoms with Crippen LogP contribution in [0.25, 0.3) is 10.8 Å². The fraction of sp³-hybridized carbons (Fsp3) is 0.400. The van der Waals surface area contributed by atoms with Gasteiger partial charge in [0.05, 0.1) is 24.3 Å². The molecular formula is C40H47N3O5. The topological polar surface area (TPSA) is 111 Å². The van der Waals surface area contributed by atoms with Gasteiger partial charge in [0.15, 0.2) is 0 Å². The molecule has 6 atom stereocenters. The number of likely N-dealkylation sites (tertiary alicyclic amines) is 1. The molecule has 1 heterocycles. The van der Waals surface area contributed by atoms with E-state index < -0.39 is 30.2 Å². The molecule has 4 N–H and O–H groups in total. The van der Waals surface area contributed by atoms with Crippen molar-refractivity contribution in [1.29, 1.82) is 0 Å². The van der Waals surface area contributed by atoms with E-state index in [1.807, 2.05) is 84.9 Å². The molecule has 1 saturated heterocycles. The number of fused-ring (bicyclic) bond motifs is 2. The van der Waals surface area contributed by atoms with Crippen molar-refractivity contribution in [3.05, 3.63) is 114 Å². The molecule has 0 bridgehead atoms. The van der Waals surface area contributed by atoms with Gasteiger partial charge >= 0.3 is 0 Å². The van der Waals surface area contributed by atoms with Gasteiger partial charge in [-0.2, -0.15) is 0 Å². The number of carbonyl (C=O) groups excluding carboxylic acids is 2. The molecule has 0 aromatic heterocycles. The third-order valence-electron chi connectivity index (χ3n) is 9.71. The first kappa shape index (κ1) is 33.7. The average molecular weight is 650 g/mol. The number of para-hydroxylation sites is 1. The molecule has 2 aliphatic rings. The Morgan fingerprint density at radius 3 is 2.42 bits per heavy atom. The molecular weight excluding hydrogens is 602 g/mol. The number of hydrogen-bond acceptors (Lipinski definition) is 6. The predicted octanol–water partition coefficient (Wildman–Crippen LogP) is 4.96. The van der Waals surface area contributed by atoms with Crippen molar-refractivity contribution in [1.82, 2.24) is 15.5 Å². The first-order valence-corrected chi connectivity index (χ1v) is 17.0. The van der Waals surface area contributed by atoms with Crippen LogP contribution in [-0.2, 0) is 22.4 Å². The molecule has 48 heavy (non-hydrogen) atoms. The van der Waals surface area contributed by atoms with Gasteiger partial charge in [0.2, 0.25) is 11.8 Å². The first-order valence-electron chi connectivity index (χ1n) is 17.0. The maximum absolute atomic E-state index is 13.9. The highest BCUT2D eigenvalue weighted by Crippen LogP contribution is 2.33. The lowest BCUT2D eigenvalue weighted by atomic mass is 9.91. The molecule has 1 aliphatic heterocycles. The van der Waals surface area contributed by atoms with Crippen LogP contribution in [0.5, 0.6) is 5.75 Å². The molecule has 2 amide bonds. The van der Waals surface area contributed by atoms with Crippen LogP contribution in [0, 0.1) is 5.92 Å². The smallest absolute Gasteiger partial charge is 0.237 e. The average Bonchev–Trinajstić information content (AvgIpc) is 3.64. The van der Waals surface area contributed by atoms with E-state index in [9.17, 15) is 19.8 Å². The van der Waals surface area contributed by atoms with Crippen LogP contribution in [0.3, 0.4) is 0 Å². The predicted molar refractivity (Wildman–Crippen MR) is 188 cm³/mol. The minimum Gasteiger partial charge on any atom is -0.489 e. The number of benzene rings is 4. The lowest BCUT2D eigenvalue weighted by Gasteiger charge is -2.36. The number of hydrogen-bond donors (Lipinski definition) is 4. The second-order valence-corrected chi connectivity index (χ2v) is 14.3. The summed E-state index contributed by atoms with van der Waals surface area (Å²) in [7, 11) is 0. The van der Waals surface area contributed by atoms with Crippen molar-refractivity contribution in [2.45, 2.75) is 82.4 Å². The highest BCUT2D eigenvalue weighted by molar-refractivity contribution is 5.84. The van der Waals surface area contributed by atoms with E-state index in [0.717, 1.165) is 33.2 Å². The maximum atomic E-state index is 13.9. The number of aliphatic hydroxyl groups is 2. The Labute approximate surface area is 283 Å². The number of nitrogens with one attached hydrogen (secondary N) is 2. The Morgan fingerprint density at radius 1 is 0.938 bits per heavy atom. The fourth-order valence-corrected chi connectivity index (χ4v) is 7.26. The Morgan fingerprint density at radius 2 is 1.65 bits per heavy atom. The molecule has 0 spiro atoms. The lowest BCUT2D eigenvalue weighted by Crippen LogP contribution is -2.52. The second-order valence-electron chi connectivity index (χ2n) is 14.3. The first-order chi connectivity index (χ1) is 23.0. The molecule has 4 aromatic rings. The largest absolute Gasteiger partial charge is 0.489 e. The second kappa shape index (κ2) is 14.5. The molecule has 0 radical (unpaired) electrons. The summed E-state index contributed by atoms with van der Waals surface area (Å²) in [6.45, 7) is 6.89. The Hall–Kier alpha value is -4.24. The summed E-state index contributed by atoms with van der Waals surface area (Å²) in [5, 5.41) is 30.4. The summed E-state index contributed by atoms with van der Waals surface area (Å²) >= 11 is 0. The highest BCUT2D eigenvalue weighted by atomic mass is 16.5. The molecule has 0 saturated carbocycles. The zero-order chi connectivity index (χ0) is 33.8. The van der Waals surface area contributed by atoms with Gasteiger partial charge in [-0.3, -0.25) is 14.5 Å². The summed E-state index contributed by atoms with van der Waals surface area (Å²) in [6, 6.07) is 30.7. The van der Waals surface area contributed by atoms with Gasteiger partial charge in [0, 0.05) is 37.4 Å². The van der Waals surface area contributed by atoms with E-state index >= 15 is 0 Å². The molecule has 1 unspecified atom stereocenters. The van der Waals surface area contributed by atoms with E-state index in [2.05, 4.69) is 48.4 Å². The molecule has 6 rings (SSSR count). The van der Waals surface area contributed by atoms with E-state index in [-0.39, 0.29) is 36.4 Å². The SMILES string of the molecule is CC(C)(C)N1C[C@@H](Oc2ccccc2)CC1C(=O)NC[C@@H](O)C[C@@H](Cc1ccc2ccccc2c1)C(=O)N[C@H]1c2ccccc2C[C@H]1O. The van der Waals surface area contributed by atoms with Gasteiger partial charge in [-0.05, 0) is 73.2 Å². The van der Waals surface area contributed by atoms with Crippen molar-refractivity contribution < 1.29 is 24.5 Å². The summed E-state index contributed by atoms with van der Waals surface area (Å²) in [4.78, 5) is 29.7. The zero-order valence-electron chi connectivity index (χ0n) is 28.0. The summed E-state index contributed by atoms with van der Waals surface area (Å²) < 4.78 is 6.22. The Balaban J connectivity index is 1.13. The minimum absolute atomic E-state index is 0.0217. The Bertz CT molecular complexity index is 1720. The normalized spacial score (nSPS) is 22.2. The van der Waals surface area contributed by atoms with Crippen molar-refractivity contribution in [3.63, 3.8) is 0 Å². The molecule has 1 fully saturated rings. The van der Waals surface area contributed by atoms with Crippen molar-refractivity contribution in [2.24, 2.45) is 5.92 Å². The van der Waals surface area contributed by atoms with Gasteiger partial charge in [-0.15, -0.1) is 0 Å². The van der Waals surface area contributed by atoms with E-state index in [0.29, 0.717) is 25.8 Å². The van der Waals surface area contributed by atoms with E-state index in [1.54, 1.807) is 0 Å². The lowest BCUT2D eigenvalue weighted by molar-refractivity contribution is -0.128. The maximum Gasteiger partial charge on any atom is 0.237 e. The van der Waals surface area contributed by atoms with Crippen LogP contribution < -0.4 is 15.4 Å². The number of ether oxygens (including phenoxy) is 1. The van der Waals surface area contributed by atoms with E-state index in [1.165, 1.54) is 0 Å². The molecule has 8 nitrogen and oxygen atoms in total. The van der Waals surface area contributed by atoms with Crippen LogP contribution in [0.4, 0.5) is 0 Å². The number of rotatable bonds is 11. The Kier molecular flexibility index (Phi) is 10.2. The van der Waals surface area contributed by atoms with Gasteiger partial charge in [-0.25, -0.2) is 0 Å². The highest BCUT2D eigenvalue weighted by Gasteiger charge is 2.43. The number of amides is 2. The van der Waals surface area contributed by atoms with Crippen LogP contribution >= 0.6 is 0 Å². The zero-order valence-corrected chi connectivity index (χ0v) is 28.0. The number of aliphatic hydroxyl groups excluding tert-OH is 2. The summed E-state index contributed by atoms with van der Waals surface area (Å²) in [5.74, 6) is -0.203. The third kappa shape index (κ3) is 7.89. The van der Waals surface area contributed by atoms with Gasteiger partial charge < -0.3 is 25.6 Å². The van der Waals surface area contributed by atoms with Crippen LogP contribution in [0.2, 0.25) is 0 Å². The van der Waals surface area contributed by atoms with E-state index in [4.69, 9.17) is 4.74 Å². The van der Waals surface area contributed by atoms with Crippen molar-refractivity contribution in [2.75, 3.05) is 13.1 Å². The fourth-order valence-electron chi connectivity index (χ4n) is 7.26. The van der Waals surface area contributed by atoms with Gasteiger partial charge in [0.1, 0.15) is 11.9 Å².